The van der Waals surface area contributed by atoms with E-state index in [4.69, 9.17) is 4.74 Å². The summed E-state index contributed by atoms with van der Waals surface area (Å²) in [6, 6.07) is 14.8. The zero-order valence-electron chi connectivity index (χ0n) is 18.3. The second-order valence-corrected chi connectivity index (χ2v) is 9.00. The average Bonchev–Trinajstić information content (AvgIpc) is 2.77. The maximum Gasteiger partial charge on any atom is 0.258 e. The average molecular weight is 407 g/mol. The monoisotopic (exact) mass is 406 g/mol. The van der Waals surface area contributed by atoms with Crippen molar-refractivity contribution in [2.24, 2.45) is 5.92 Å². The van der Waals surface area contributed by atoms with Gasteiger partial charge < -0.3 is 15.0 Å². The molecule has 4 heteroatoms. The van der Waals surface area contributed by atoms with Crippen molar-refractivity contribution in [2.75, 3.05) is 24.6 Å². The lowest BCUT2D eigenvalue weighted by Gasteiger charge is -2.33. The number of piperidine rings is 1. The van der Waals surface area contributed by atoms with Gasteiger partial charge in [0.25, 0.3) is 5.91 Å². The molecule has 0 aromatic heterocycles. The number of amides is 1. The summed E-state index contributed by atoms with van der Waals surface area (Å²) in [6.45, 7) is 6.66. The Morgan fingerprint density at radius 2 is 1.87 bits per heavy atom. The van der Waals surface area contributed by atoms with Gasteiger partial charge in [-0.15, -0.1) is 0 Å². The molecule has 2 aromatic carbocycles. The van der Waals surface area contributed by atoms with E-state index in [1.54, 1.807) is 0 Å². The normalized spacial score (nSPS) is 19.7. The molecule has 2 aromatic rings. The fourth-order valence-electron chi connectivity index (χ4n) is 4.71. The van der Waals surface area contributed by atoms with Crippen LogP contribution in [0.2, 0.25) is 0 Å². The first-order chi connectivity index (χ1) is 14.6. The Labute approximate surface area is 180 Å². The number of nitrogens with one attached hydrogen (secondary N) is 1. The molecule has 30 heavy (non-hydrogen) atoms. The summed E-state index contributed by atoms with van der Waals surface area (Å²) in [5, 5.41) is 3.06. The van der Waals surface area contributed by atoms with E-state index in [1.807, 2.05) is 13.0 Å². The van der Waals surface area contributed by atoms with E-state index < -0.39 is 0 Å². The first-order valence-corrected chi connectivity index (χ1v) is 11.5. The number of nitrogens with zero attached hydrogens (tertiary/aromatic N) is 1. The maximum atomic E-state index is 12.4. The zero-order valence-corrected chi connectivity index (χ0v) is 18.3. The van der Waals surface area contributed by atoms with Crippen LogP contribution in [0.5, 0.6) is 5.75 Å². The summed E-state index contributed by atoms with van der Waals surface area (Å²) >= 11 is 0. The molecule has 1 N–H and O–H groups in total. The summed E-state index contributed by atoms with van der Waals surface area (Å²) in [5.41, 5.74) is 5.19. The minimum absolute atomic E-state index is 0.0426. The van der Waals surface area contributed by atoms with Gasteiger partial charge in [-0.2, -0.15) is 0 Å². The van der Waals surface area contributed by atoms with Crippen LogP contribution in [0.3, 0.4) is 0 Å². The van der Waals surface area contributed by atoms with E-state index in [0.29, 0.717) is 0 Å². The van der Waals surface area contributed by atoms with Crippen LogP contribution in [-0.2, 0) is 17.6 Å². The molecular weight excluding hydrogens is 372 g/mol. The van der Waals surface area contributed by atoms with Crippen LogP contribution in [0, 0.1) is 5.92 Å². The van der Waals surface area contributed by atoms with Crippen LogP contribution < -0.4 is 15.0 Å². The predicted molar refractivity (Wildman–Crippen MR) is 122 cm³/mol. The van der Waals surface area contributed by atoms with Gasteiger partial charge in [-0.05, 0) is 92.3 Å². The Morgan fingerprint density at radius 1 is 1.10 bits per heavy atom. The van der Waals surface area contributed by atoms with Crippen LogP contribution in [0.15, 0.2) is 42.5 Å². The Balaban J connectivity index is 1.28. The lowest BCUT2D eigenvalue weighted by Crippen LogP contribution is -2.34. The Morgan fingerprint density at radius 3 is 2.63 bits per heavy atom. The lowest BCUT2D eigenvalue weighted by atomic mass is 9.92. The van der Waals surface area contributed by atoms with Crippen molar-refractivity contribution in [1.29, 1.82) is 0 Å². The minimum atomic E-state index is -0.0887. The summed E-state index contributed by atoms with van der Waals surface area (Å²) in [5.74, 6) is 1.46. The van der Waals surface area contributed by atoms with Crippen molar-refractivity contribution in [1.82, 2.24) is 5.32 Å². The van der Waals surface area contributed by atoms with E-state index in [1.165, 1.54) is 42.5 Å². The molecule has 2 aliphatic rings. The lowest BCUT2D eigenvalue weighted by molar-refractivity contribution is -0.123. The van der Waals surface area contributed by atoms with Gasteiger partial charge in [-0.25, -0.2) is 0 Å². The van der Waals surface area contributed by atoms with Crippen LogP contribution >= 0.6 is 0 Å². The molecule has 2 atom stereocenters. The molecule has 0 bridgehead atoms. The highest BCUT2D eigenvalue weighted by Gasteiger charge is 2.17. The number of carbonyl (C=O) groups excluding carboxylic acids is 1. The first kappa shape index (κ1) is 20.8. The molecule has 160 valence electrons. The highest BCUT2D eigenvalue weighted by Crippen LogP contribution is 2.26. The van der Waals surface area contributed by atoms with Crippen LogP contribution in [0.4, 0.5) is 5.69 Å². The van der Waals surface area contributed by atoms with E-state index in [0.717, 1.165) is 43.2 Å². The summed E-state index contributed by atoms with van der Waals surface area (Å²) in [4.78, 5) is 14.9. The molecular formula is C26H34N2O2. The zero-order chi connectivity index (χ0) is 20.9. The van der Waals surface area contributed by atoms with Crippen LogP contribution in [-0.4, -0.2) is 25.6 Å². The van der Waals surface area contributed by atoms with Gasteiger partial charge in [0.05, 0.1) is 6.04 Å². The highest BCUT2D eigenvalue weighted by molar-refractivity contribution is 5.78. The van der Waals surface area contributed by atoms with Gasteiger partial charge >= 0.3 is 0 Å². The smallest absolute Gasteiger partial charge is 0.258 e. The van der Waals surface area contributed by atoms with Crippen molar-refractivity contribution >= 4 is 11.6 Å². The molecule has 0 spiro atoms. The van der Waals surface area contributed by atoms with Crippen molar-refractivity contribution < 1.29 is 9.53 Å². The van der Waals surface area contributed by atoms with Gasteiger partial charge in [-0.3, -0.25) is 4.79 Å². The molecule has 1 aliphatic heterocycles. The summed E-state index contributed by atoms with van der Waals surface area (Å²) in [6.07, 6.45) is 7.37. The SMILES string of the molecule is C[C@H]1CCCN(c2ccc([C@H](C)NC(=O)COc3ccc4c(c3)CCCC4)cc2)C1. The van der Waals surface area contributed by atoms with E-state index in [-0.39, 0.29) is 18.6 Å². The topological polar surface area (TPSA) is 41.6 Å². The molecule has 0 unspecified atom stereocenters. The van der Waals surface area contributed by atoms with Gasteiger partial charge in [0, 0.05) is 18.8 Å². The largest absolute Gasteiger partial charge is 0.484 e. The van der Waals surface area contributed by atoms with E-state index in [2.05, 4.69) is 53.5 Å². The molecule has 1 fully saturated rings. The summed E-state index contributed by atoms with van der Waals surface area (Å²) in [7, 11) is 0. The van der Waals surface area contributed by atoms with E-state index >= 15 is 0 Å². The Hall–Kier alpha value is -2.49. The van der Waals surface area contributed by atoms with Crippen molar-refractivity contribution in [2.45, 2.75) is 58.4 Å². The van der Waals surface area contributed by atoms with Gasteiger partial charge in [0.1, 0.15) is 5.75 Å². The summed E-state index contributed by atoms with van der Waals surface area (Å²) < 4.78 is 5.76. The standard InChI is InChI=1S/C26H34N2O2/c1-19-6-5-15-28(17-19)24-12-9-21(10-13-24)20(2)27-26(29)18-30-25-14-11-22-7-3-4-8-23(22)16-25/h9-14,16,19-20H,3-8,15,17-18H2,1-2H3,(H,27,29)/t19-,20-/m0/s1. The second-order valence-electron chi connectivity index (χ2n) is 9.00. The van der Waals surface area contributed by atoms with Crippen molar-refractivity contribution in [3.05, 3.63) is 59.2 Å². The Kier molecular flexibility index (Phi) is 6.61. The maximum absolute atomic E-state index is 12.4. The number of benzene rings is 2. The molecule has 0 saturated carbocycles. The number of rotatable bonds is 6. The van der Waals surface area contributed by atoms with Gasteiger partial charge in [0.15, 0.2) is 6.61 Å². The van der Waals surface area contributed by atoms with Crippen LogP contribution in [0.25, 0.3) is 0 Å². The fraction of sp³-hybridized carbons (Fsp3) is 0.500. The fourth-order valence-corrected chi connectivity index (χ4v) is 4.71. The van der Waals surface area contributed by atoms with Crippen molar-refractivity contribution in [3.8, 4) is 5.75 Å². The second kappa shape index (κ2) is 9.55. The molecule has 1 amide bonds. The number of carbonyl (C=O) groups is 1. The number of fused-ring (bicyclic) bond motifs is 1. The highest BCUT2D eigenvalue weighted by atomic mass is 16.5. The number of hydrogen-bond donors (Lipinski definition) is 1. The van der Waals surface area contributed by atoms with Gasteiger partial charge in [0.2, 0.25) is 0 Å². The Bertz CT molecular complexity index is 862. The molecule has 4 nitrogen and oxygen atoms in total. The molecule has 1 aliphatic carbocycles. The number of ether oxygens (including phenoxy) is 1. The molecule has 1 saturated heterocycles. The number of hydrogen-bond acceptors (Lipinski definition) is 3. The third kappa shape index (κ3) is 5.16. The predicted octanol–water partition coefficient (Wildman–Crippen LogP) is 5.06. The third-order valence-electron chi connectivity index (χ3n) is 6.48. The first-order valence-electron chi connectivity index (χ1n) is 11.5. The molecule has 4 rings (SSSR count). The molecule has 1 heterocycles. The quantitative estimate of drug-likeness (QED) is 0.729. The van der Waals surface area contributed by atoms with Crippen LogP contribution in [0.1, 0.15) is 62.3 Å². The van der Waals surface area contributed by atoms with E-state index in [9.17, 15) is 4.79 Å². The van der Waals surface area contributed by atoms with Gasteiger partial charge in [-0.1, -0.05) is 25.1 Å². The van der Waals surface area contributed by atoms with Crippen molar-refractivity contribution in [3.63, 3.8) is 0 Å². The number of aryl methyl sites for hydroxylation is 2. The minimum Gasteiger partial charge on any atom is -0.484 e. The third-order valence-corrected chi connectivity index (χ3v) is 6.48. The molecule has 0 radical (unpaired) electrons. The number of anilines is 1.